The lowest BCUT2D eigenvalue weighted by atomic mass is 10.1. The highest BCUT2D eigenvalue weighted by Gasteiger charge is 2.13. The number of benzene rings is 2. The molecule has 0 atom stereocenters. The second-order valence-corrected chi connectivity index (χ2v) is 7.47. The lowest BCUT2D eigenvalue weighted by Crippen LogP contribution is -2.39. The van der Waals surface area contributed by atoms with E-state index >= 15 is 0 Å². The first kappa shape index (κ1) is 20.5. The third-order valence-electron chi connectivity index (χ3n) is 4.35. The fourth-order valence-corrected chi connectivity index (χ4v) is 3.45. The molecule has 29 heavy (non-hydrogen) atoms. The number of hydrogen-bond acceptors (Lipinski definition) is 6. The van der Waals surface area contributed by atoms with Gasteiger partial charge in [0.15, 0.2) is 0 Å². The number of tetrazole rings is 1. The summed E-state index contributed by atoms with van der Waals surface area (Å²) in [6.07, 6.45) is 0.170. The average molecular weight is 411 g/mol. The summed E-state index contributed by atoms with van der Waals surface area (Å²) >= 11 is 1.36. The predicted octanol–water partition coefficient (Wildman–Crippen LogP) is 2.79. The molecule has 0 aliphatic rings. The minimum absolute atomic E-state index is 0.170. The van der Waals surface area contributed by atoms with Gasteiger partial charge in [-0.3, -0.25) is 10.1 Å². The van der Waals surface area contributed by atoms with Gasteiger partial charge in [0, 0.05) is 18.7 Å². The van der Waals surface area contributed by atoms with E-state index in [0.717, 1.165) is 22.4 Å². The van der Waals surface area contributed by atoms with E-state index in [1.165, 1.54) is 11.8 Å². The van der Waals surface area contributed by atoms with Crippen LogP contribution in [0.1, 0.15) is 23.1 Å². The summed E-state index contributed by atoms with van der Waals surface area (Å²) in [5.74, 6) is 0.0945. The van der Waals surface area contributed by atoms with E-state index < -0.39 is 6.03 Å². The molecule has 1 heterocycles. The summed E-state index contributed by atoms with van der Waals surface area (Å²) in [6, 6.07) is 14.9. The maximum absolute atomic E-state index is 12.0. The number of rotatable bonds is 7. The van der Waals surface area contributed by atoms with Crippen LogP contribution in [0.2, 0.25) is 0 Å². The lowest BCUT2D eigenvalue weighted by molar-refractivity contribution is -0.119. The zero-order valence-corrected chi connectivity index (χ0v) is 17.1. The molecular formula is C20H22N6O2S. The molecule has 0 fully saturated rings. The van der Waals surface area contributed by atoms with Crippen LogP contribution >= 0.6 is 11.8 Å². The number of aryl methyl sites for hydroxylation is 1. The molecule has 2 aromatic carbocycles. The van der Waals surface area contributed by atoms with Crippen molar-refractivity contribution in [3.05, 3.63) is 65.2 Å². The van der Waals surface area contributed by atoms with Crippen molar-refractivity contribution in [2.24, 2.45) is 0 Å². The number of thioether (sulfide) groups is 1. The Hall–Kier alpha value is -3.20. The Morgan fingerprint density at radius 1 is 1.07 bits per heavy atom. The summed E-state index contributed by atoms with van der Waals surface area (Å²) < 4.78 is 1.66. The van der Waals surface area contributed by atoms with Gasteiger partial charge in [-0.05, 0) is 47.0 Å². The molecule has 0 radical (unpaired) electrons. The molecule has 0 saturated carbocycles. The van der Waals surface area contributed by atoms with E-state index in [4.69, 9.17) is 0 Å². The van der Waals surface area contributed by atoms with E-state index in [1.807, 2.05) is 62.4 Å². The number of imide groups is 1. The first-order valence-electron chi connectivity index (χ1n) is 9.14. The standard InChI is InChI=1S/C20H22N6O2S/c1-14-7-6-10-17(15(14)2)26-20(23-24-25-26)29-12-11-18(27)22-19(28)21-13-16-8-4-3-5-9-16/h3-10H,11-13H2,1-2H3,(H2,21,22,27,28). The largest absolute Gasteiger partial charge is 0.334 e. The van der Waals surface area contributed by atoms with Crippen molar-refractivity contribution >= 4 is 23.7 Å². The molecule has 0 saturated heterocycles. The van der Waals surface area contributed by atoms with Crippen LogP contribution in [-0.4, -0.2) is 37.9 Å². The predicted molar refractivity (Wildman–Crippen MR) is 111 cm³/mol. The number of aromatic nitrogens is 4. The smallest absolute Gasteiger partial charge is 0.321 e. The molecule has 0 aliphatic heterocycles. The summed E-state index contributed by atoms with van der Waals surface area (Å²) in [5, 5.41) is 17.4. The van der Waals surface area contributed by atoms with Crippen LogP contribution in [0.15, 0.2) is 53.7 Å². The minimum atomic E-state index is -0.510. The van der Waals surface area contributed by atoms with E-state index in [-0.39, 0.29) is 12.3 Å². The van der Waals surface area contributed by atoms with Gasteiger partial charge in [-0.15, -0.1) is 5.10 Å². The van der Waals surface area contributed by atoms with Gasteiger partial charge in [-0.25, -0.2) is 4.79 Å². The number of carbonyl (C=O) groups excluding carboxylic acids is 2. The van der Waals surface area contributed by atoms with Crippen molar-refractivity contribution in [3.8, 4) is 5.69 Å². The normalized spacial score (nSPS) is 10.6. The van der Waals surface area contributed by atoms with Gasteiger partial charge >= 0.3 is 6.03 Å². The summed E-state index contributed by atoms with van der Waals surface area (Å²) in [5.41, 5.74) is 4.11. The van der Waals surface area contributed by atoms with E-state index in [9.17, 15) is 9.59 Å². The topological polar surface area (TPSA) is 102 Å². The Morgan fingerprint density at radius 2 is 1.86 bits per heavy atom. The maximum atomic E-state index is 12.0. The fourth-order valence-electron chi connectivity index (χ4n) is 2.63. The number of carbonyl (C=O) groups is 2. The molecule has 0 aliphatic carbocycles. The third kappa shape index (κ3) is 5.64. The van der Waals surface area contributed by atoms with Crippen molar-refractivity contribution in [2.75, 3.05) is 5.75 Å². The van der Waals surface area contributed by atoms with Crippen molar-refractivity contribution in [1.29, 1.82) is 0 Å². The second-order valence-electron chi connectivity index (χ2n) is 6.41. The molecule has 0 unspecified atom stereocenters. The van der Waals surface area contributed by atoms with Gasteiger partial charge in [0.05, 0.1) is 5.69 Å². The van der Waals surface area contributed by atoms with Gasteiger partial charge in [-0.1, -0.05) is 54.2 Å². The van der Waals surface area contributed by atoms with Crippen molar-refractivity contribution in [1.82, 2.24) is 30.8 Å². The molecule has 9 heteroatoms. The van der Waals surface area contributed by atoms with Crippen molar-refractivity contribution in [2.45, 2.75) is 32.0 Å². The summed E-state index contributed by atoms with van der Waals surface area (Å²) in [4.78, 5) is 23.8. The molecule has 3 amide bonds. The molecule has 8 nitrogen and oxygen atoms in total. The monoisotopic (exact) mass is 410 g/mol. The van der Waals surface area contributed by atoms with Gasteiger partial charge in [-0.2, -0.15) is 4.68 Å². The zero-order valence-electron chi connectivity index (χ0n) is 16.3. The molecular weight excluding hydrogens is 388 g/mol. The van der Waals surface area contributed by atoms with Crippen LogP contribution < -0.4 is 10.6 Å². The van der Waals surface area contributed by atoms with Gasteiger partial charge in [0.25, 0.3) is 0 Å². The Morgan fingerprint density at radius 3 is 2.66 bits per heavy atom. The molecule has 3 rings (SSSR count). The Balaban J connectivity index is 1.47. The molecule has 0 bridgehead atoms. The molecule has 150 valence electrons. The lowest BCUT2D eigenvalue weighted by Gasteiger charge is -2.09. The van der Waals surface area contributed by atoms with Crippen LogP contribution in [-0.2, 0) is 11.3 Å². The van der Waals surface area contributed by atoms with Crippen LogP contribution in [0.25, 0.3) is 5.69 Å². The van der Waals surface area contributed by atoms with E-state index in [2.05, 4.69) is 26.2 Å². The molecule has 1 aromatic heterocycles. The van der Waals surface area contributed by atoms with Crippen LogP contribution in [0.4, 0.5) is 4.79 Å². The van der Waals surface area contributed by atoms with E-state index in [0.29, 0.717) is 17.5 Å². The zero-order chi connectivity index (χ0) is 20.6. The van der Waals surface area contributed by atoms with Crippen LogP contribution in [0.5, 0.6) is 0 Å². The summed E-state index contributed by atoms with van der Waals surface area (Å²) in [7, 11) is 0. The van der Waals surface area contributed by atoms with Crippen LogP contribution in [0, 0.1) is 13.8 Å². The summed E-state index contributed by atoms with van der Waals surface area (Å²) in [6.45, 7) is 4.41. The molecule has 3 aromatic rings. The third-order valence-corrected chi connectivity index (χ3v) is 5.28. The number of nitrogens with zero attached hydrogens (tertiary/aromatic N) is 4. The fraction of sp³-hybridized carbons (Fsp3) is 0.250. The highest BCUT2D eigenvalue weighted by Crippen LogP contribution is 2.22. The Labute approximate surface area is 173 Å². The Bertz CT molecular complexity index is 990. The van der Waals surface area contributed by atoms with Crippen LogP contribution in [0.3, 0.4) is 0 Å². The number of amides is 3. The first-order chi connectivity index (χ1) is 14.0. The minimum Gasteiger partial charge on any atom is -0.334 e. The highest BCUT2D eigenvalue weighted by molar-refractivity contribution is 7.99. The number of nitrogens with one attached hydrogen (secondary N) is 2. The average Bonchev–Trinajstić information content (AvgIpc) is 3.17. The molecule has 2 N–H and O–H groups in total. The van der Waals surface area contributed by atoms with Crippen molar-refractivity contribution in [3.63, 3.8) is 0 Å². The van der Waals surface area contributed by atoms with Gasteiger partial charge in [0.1, 0.15) is 0 Å². The maximum Gasteiger partial charge on any atom is 0.321 e. The molecule has 0 spiro atoms. The first-order valence-corrected chi connectivity index (χ1v) is 10.1. The van der Waals surface area contributed by atoms with Gasteiger partial charge < -0.3 is 5.32 Å². The second kappa shape index (κ2) is 9.83. The Kier molecular flexibility index (Phi) is 6.96. The van der Waals surface area contributed by atoms with Gasteiger partial charge in [0.2, 0.25) is 11.1 Å². The quantitative estimate of drug-likeness (QED) is 0.581. The highest BCUT2D eigenvalue weighted by atomic mass is 32.2. The number of urea groups is 1. The number of hydrogen-bond donors (Lipinski definition) is 2. The van der Waals surface area contributed by atoms with Crippen molar-refractivity contribution < 1.29 is 9.59 Å². The SMILES string of the molecule is Cc1cccc(-n2nnnc2SCCC(=O)NC(=O)NCc2ccccc2)c1C. The van der Waals surface area contributed by atoms with E-state index in [1.54, 1.807) is 4.68 Å².